The number of rotatable bonds is 5. The van der Waals surface area contributed by atoms with Crippen LogP contribution in [0.2, 0.25) is 0 Å². The molecule has 0 saturated heterocycles. The molecule has 0 spiro atoms. The third kappa shape index (κ3) is 3.79. The topological polar surface area (TPSA) is 52.5 Å². The van der Waals surface area contributed by atoms with Crippen molar-refractivity contribution in [1.29, 1.82) is 0 Å². The lowest BCUT2D eigenvalue weighted by molar-refractivity contribution is 0.0566. The van der Waals surface area contributed by atoms with Gasteiger partial charge in [0.05, 0.1) is 5.60 Å². The molecule has 0 heterocycles. The molecule has 1 atom stereocenters. The van der Waals surface area contributed by atoms with Crippen molar-refractivity contribution in [3.8, 4) is 5.75 Å². The minimum Gasteiger partial charge on any atom is -0.508 e. The zero-order valence-corrected chi connectivity index (χ0v) is 11.3. The summed E-state index contributed by atoms with van der Waals surface area (Å²) in [5, 5.41) is 22.9. The summed E-state index contributed by atoms with van der Waals surface area (Å²) in [6, 6.07) is 12.7. The van der Waals surface area contributed by atoms with Gasteiger partial charge in [-0.05, 0) is 42.3 Å². The van der Waals surface area contributed by atoms with Crippen molar-refractivity contribution in [3.63, 3.8) is 0 Å². The summed E-state index contributed by atoms with van der Waals surface area (Å²) in [5.74, 6) is -0.105. The van der Waals surface area contributed by atoms with Crippen LogP contribution in [0.1, 0.15) is 18.1 Å². The second kappa shape index (κ2) is 6.03. The van der Waals surface area contributed by atoms with Crippen LogP contribution in [-0.4, -0.2) is 16.8 Å². The van der Waals surface area contributed by atoms with Crippen LogP contribution in [0.3, 0.4) is 0 Å². The smallest absolute Gasteiger partial charge is 0.123 e. The number of hydrogen-bond donors (Lipinski definition) is 3. The molecular formula is C16H18FNO2. The van der Waals surface area contributed by atoms with E-state index in [1.165, 1.54) is 12.1 Å². The van der Waals surface area contributed by atoms with Gasteiger partial charge in [-0.15, -0.1) is 0 Å². The molecule has 2 aromatic carbocycles. The molecule has 0 aliphatic heterocycles. The molecule has 106 valence electrons. The van der Waals surface area contributed by atoms with E-state index in [4.69, 9.17) is 0 Å². The van der Waals surface area contributed by atoms with Crippen LogP contribution in [0.15, 0.2) is 48.5 Å². The Morgan fingerprint density at radius 2 is 1.85 bits per heavy atom. The Morgan fingerprint density at radius 3 is 2.50 bits per heavy atom. The van der Waals surface area contributed by atoms with E-state index in [0.717, 1.165) is 5.56 Å². The summed E-state index contributed by atoms with van der Waals surface area (Å²) in [6.07, 6.45) is 0. The lowest BCUT2D eigenvalue weighted by atomic mass is 9.96. The fraction of sp³-hybridized carbons (Fsp3) is 0.250. The second-order valence-corrected chi connectivity index (χ2v) is 5.05. The molecule has 0 aromatic heterocycles. The van der Waals surface area contributed by atoms with Gasteiger partial charge in [-0.25, -0.2) is 4.39 Å². The molecule has 3 N–H and O–H groups in total. The highest BCUT2D eigenvalue weighted by molar-refractivity contribution is 5.27. The first-order valence-electron chi connectivity index (χ1n) is 6.44. The molecule has 2 aromatic rings. The van der Waals surface area contributed by atoms with Crippen molar-refractivity contribution in [2.24, 2.45) is 0 Å². The normalized spacial score (nSPS) is 13.9. The number of halogens is 1. The summed E-state index contributed by atoms with van der Waals surface area (Å²) < 4.78 is 12.9. The number of phenols is 1. The molecule has 0 fully saturated rings. The lowest BCUT2D eigenvalue weighted by Gasteiger charge is -2.24. The van der Waals surface area contributed by atoms with Crippen molar-refractivity contribution in [1.82, 2.24) is 5.32 Å². The van der Waals surface area contributed by atoms with Gasteiger partial charge in [0.25, 0.3) is 0 Å². The van der Waals surface area contributed by atoms with Gasteiger partial charge in [0, 0.05) is 13.1 Å². The summed E-state index contributed by atoms with van der Waals surface area (Å²) in [6.45, 7) is 2.54. The SMILES string of the molecule is CC(O)(CNCc1cccc(O)c1)c1ccc(F)cc1. The molecule has 0 aliphatic carbocycles. The molecule has 4 heteroatoms. The highest BCUT2D eigenvalue weighted by Crippen LogP contribution is 2.20. The monoisotopic (exact) mass is 275 g/mol. The van der Waals surface area contributed by atoms with Crippen LogP contribution in [0.25, 0.3) is 0 Å². The molecule has 20 heavy (non-hydrogen) atoms. The summed E-state index contributed by atoms with van der Waals surface area (Å²) >= 11 is 0. The fourth-order valence-corrected chi connectivity index (χ4v) is 2.03. The average Bonchev–Trinajstić information content (AvgIpc) is 2.39. The first kappa shape index (κ1) is 14.5. The van der Waals surface area contributed by atoms with Gasteiger partial charge in [0.15, 0.2) is 0 Å². The van der Waals surface area contributed by atoms with Crippen molar-refractivity contribution < 1.29 is 14.6 Å². The predicted molar refractivity (Wildman–Crippen MR) is 75.8 cm³/mol. The minimum atomic E-state index is -1.08. The summed E-state index contributed by atoms with van der Waals surface area (Å²) in [5.41, 5.74) is 0.507. The maximum Gasteiger partial charge on any atom is 0.123 e. The molecule has 2 rings (SSSR count). The molecular weight excluding hydrogens is 257 g/mol. The van der Waals surface area contributed by atoms with Crippen LogP contribution in [0.4, 0.5) is 4.39 Å². The Morgan fingerprint density at radius 1 is 1.15 bits per heavy atom. The van der Waals surface area contributed by atoms with Gasteiger partial charge >= 0.3 is 0 Å². The van der Waals surface area contributed by atoms with E-state index in [-0.39, 0.29) is 11.6 Å². The fourth-order valence-electron chi connectivity index (χ4n) is 2.03. The van der Waals surface area contributed by atoms with Gasteiger partial charge in [-0.1, -0.05) is 24.3 Å². The van der Waals surface area contributed by atoms with Gasteiger partial charge in [-0.2, -0.15) is 0 Å². The van der Waals surface area contributed by atoms with E-state index in [0.29, 0.717) is 18.7 Å². The van der Waals surface area contributed by atoms with E-state index >= 15 is 0 Å². The van der Waals surface area contributed by atoms with E-state index in [9.17, 15) is 14.6 Å². The highest BCUT2D eigenvalue weighted by Gasteiger charge is 2.22. The van der Waals surface area contributed by atoms with Crippen LogP contribution < -0.4 is 5.32 Å². The Labute approximate surface area is 117 Å². The van der Waals surface area contributed by atoms with Crippen LogP contribution in [0.5, 0.6) is 5.75 Å². The molecule has 0 saturated carbocycles. The standard InChI is InChI=1S/C16H18FNO2/c1-16(20,13-5-7-14(17)8-6-13)11-18-10-12-3-2-4-15(19)9-12/h2-9,18-20H,10-11H2,1H3. The minimum absolute atomic E-state index is 0.217. The largest absolute Gasteiger partial charge is 0.508 e. The first-order chi connectivity index (χ1) is 9.47. The molecule has 3 nitrogen and oxygen atoms in total. The number of benzene rings is 2. The van der Waals surface area contributed by atoms with Gasteiger partial charge in [-0.3, -0.25) is 0 Å². The number of phenolic OH excluding ortho intramolecular Hbond substituents is 1. The van der Waals surface area contributed by atoms with E-state index in [2.05, 4.69) is 5.32 Å². The number of aromatic hydroxyl groups is 1. The van der Waals surface area contributed by atoms with Crippen molar-refractivity contribution >= 4 is 0 Å². The Balaban J connectivity index is 1.94. The molecule has 0 radical (unpaired) electrons. The van der Waals surface area contributed by atoms with Crippen molar-refractivity contribution in [2.45, 2.75) is 19.1 Å². The predicted octanol–water partition coefficient (Wildman–Crippen LogP) is 2.53. The quantitative estimate of drug-likeness (QED) is 0.786. The summed E-state index contributed by atoms with van der Waals surface area (Å²) in [7, 11) is 0. The van der Waals surface area contributed by atoms with Gasteiger partial charge in [0.2, 0.25) is 0 Å². The molecule has 1 unspecified atom stereocenters. The number of aliphatic hydroxyl groups is 1. The molecule has 0 aliphatic rings. The van der Waals surface area contributed by atoms with Crippen molar-refractivity contribution in [2.75, 3.05) is 6.54 Å². The highest BCUT2D eigenvalue weighted by atomic mass is 19.1. The van der Waals surface area contributed by atoms with Crippen LogP contribution in [-0.2, 0) is 12.1 Å². The van der Waals surface area contributed by atoms with Crippen LogP contribution in [0, 0.1) is 5.82 Å². The van der Waals surface area contributed by atoms with Crippen molar-refractivity contribution in [3.05, 3.63) is 65.5 Å². The van der Waals surface area contributed by atoms with Crippen LogP contribution >= 0.6 is 0 Å². The van der Waals surface area contributed by atoms with Gasteiger partial charge < -0.3 is 15.5 Å². The Hall–Kier alpha value is -1.91. The third-order valence-electron chi connectivity index (χ3n) is 3.18. The zero-order valence-electron chi connectivity index (χ0n) is 11.3. The summed E-state index contributed by atoms with van der Waals surface area (Å²) in [4.78, 5) is 0. The van der Waals surface area contributed by atoms with E-state index in [1.54, 1.807) is 37.3 Å². The zero-order chi connectivity index (χ0) is 14.6. The maximum atomic E-state index is 12.9. The molecule has 0 bridgehead atoms. The lowest BCUT2D eigenvalue weighted by Crippen LogP contribution is -2.35. The Kier molecular flexibility index (Phi) is 4.37. The third-order valence-corrected chi connectivity index (χ3v) is 3.18. The number of hydrogen-bond acceptors (Lipinski definition) is 3. The first-order valence-corrected chi connectivity index (χ1v) is 6.44. The number of nitrogens with one attached hydrogen (secondary N) is 1. The Bertz CT molecular complexity index is 567. The average molecular weight is 275 g/mol. The van der Waals surface area contributed by atoms with Gasteiger partial charge in [0.1, 0.15) is 11.6 Å². The van der Waals surface area contributed by atoms with E-state index < -0.39 is 5.60 Å². The molecule has 0 amide bonds. The maximum absolute atomic E-state index is 12.9. The van der Waals surface area contributed by atoms with E-state index in [1.807, 2.05) is 6.07 Å². The second-order valence-electron chi connectivity index (χ2n) is 5.05.